The van der Waals surface area contributed by atoms with Crippen molar-refractivity contribution in [2.24, 2.45) is 0 Å². The van der Waals surface area contributed by atoms with Crippen molar-refractivity contribution in [3.8, 4) is 0 Å². The molecule has 0 aliphatic carbocycles. The van der Waals surface area contributed by atoms with Gasteiger partial charge in [0.15, 0.2) is 0 Å². The van der Waals surface area contributed by atoms with Crippen LogP contribution in [-0.4, -0.2) is 17.3 Å². The maximum Gasteiger partial charge on any atom is 0.0610 e. The van der Waals surface area contributed by atoms with Crippen LogP contribution in [0.3, 0.4) is 0 Å². The van der Waals surface area contributed by atoms with Gasteiger partial charge >= 0.3 is 0 Å². The molecule has 1 atom stereocenters. The Kier molecular flexibility index (Phi) is 4.58. The van der Waals surface area contributed by atoms with E-state index in [1.54, 1.807) is 0 Å². The number of aliphatic hydroxyl groups is 1. The summed E-state index contributed by atoms with van der Waals surface area (Å²) in [5.74, 6) is 0. The van der Waals surface area contributed by atoms with Crippen LogP contribution in [0.4, 0.5) is 0 Å². The zero-order valence-electron chi connectivity index (χ0n) is 9.26. The molecule has 0 fully saturated rings. The molecule has 1 unspecified atom stereocenters. The summed E-state index contributed by atoms with van der Waals surface area (Å²) in [5, 5.41) is 13.3. The minimum Gasteiger partial charge on any atom is -0.394 e. The molecular formula is C12H18ClNO. The number of benzene rings is 1. The largest absolute Gasteiger partial charge is 0.394 e. The molecule has 0 saturated heterocycles. The van der Waals surface area contributed by atoms with Crippen LogP contribution in [0.2, 0.25) is 5.02 Å². The minimum atomic E-state index is -0.206. The van der Waals surface area contributed by atoms with Crippen LogP contribution in [0, 0.1) is 0 Å². The van der Waals surface area contributed by atoms with Gasteiger partial charge in [-0.3, -0.25) is 0 Å². The second-order valence-corrected chi connectivity index (χ2v) is 4.49. The van der Waals surface area contributed by atoms with Crippen LogP contribution < -0.4 is 5.32 Å². The zero-order chi connectivity index (χ0) is 11.3. The van der Waals surface area contributed by atoms with Crippen molar-refractivity contribution in [2.75, 3.05) is 6.61 Å². The van der Waals surface area contributed by atoms with Gasteiger partial charge in [-0.2, -0.15) is 0 Å². The Hall–Kier alpha value is -0.570. The summed E-state index contributed by atoms with van der Waals surface area (Å²) in [4.78, 5) is 0. The highest BCUT2D eigenvalue weighted by Gasteiger charge is 2.19. The van der Waals surface area contributed by atoms with Gasteiger partial charge in [0.2, 0.25) is 0 Å². The monoisotopic (exact) mass is 227 g/mol. The molecule has 0 aliphatic rings. The van der Waals surface area contributed by atoms with Crippen molar-refractivity contribution in [3.05, 3.63) is 34.9 Å². The summed E-state index contributed by atoms with van der Waals surface area (Å²) in [6.45, 7) is 4.94. The van der Waals surface area contributed by atoms with Gasteiger partial charge < -0.3 is 10.4 Å². The summed E-state index contributed by atoms with van der Waals surface area (Å²) < 4.78 is 0. The lowest BCUT2D eigenvalue weighted by Crippen LogP contribution is -2.44. The van der Waals surface area contributed by atoms with Crippen molar-refractivity contribution in [2.45, 2.75) is 32.4 Å². The topological polar surface area (TPSA) is 32.3 Å². The minimum absolute atomic E-state index is 0.143. The maximum absolute atomic E-state index is 9.23. The Bertz CT molecular complexity index is 310. The van der Waals surface area contributed by atoms with Crippen LogP contribution in [0.15, 0.2) is 24.3 Å². The number of hydrogen-bond donors (Lipinski definition) is 2. The summed E-state index contributed by atoms with van der Waals surface area (Å²) in [5.41, 5.74) is 0.929. The molecule has 0 aromatic heterocycles. The predicted octanol–water partition coefficient (Wildman–Crippen LogP) is 2.59. The highest BCUT2D eigenvalue weighted by atomic mass is 35.5. The molecule has 1 aromatic carbocycles. The van der Waals surface area contributed by atoms with Crippen molar-refractivity contribution in [1.29, 1.82) is 0 Å². The van der Waals surface area contributed by atoms with Gasteiger partial charge in [-0.15, -0.1) is 0 Å². The van der Waals surface area contributed by atoms with E-state index in [1.807, 2.05) is 31.2 Å². The summed E-state index contributed by atoms with van der Waals surface area (Å²) >= 11 is 5.89. The van der Waals surface area contributed by atoms with Crippen molar-refractivity contribution in [3.63, 3.8) is 0 Å². The third kappa shape index (κ3) is 3.82. The molecule has 84 valence electrons. The molecule has 1 aromatic rings. The van der Waals surface area contributed by atoms with E-state index in [9.17, 15) is 5.11 Å². The Morgan fingerprint density at radius 2 is 2.20 bits per heavy atom. The van der Waals surface area contributed by atoms with Gasteiger partial charge in [-0.25, -0.2) is 0 Å². The summed E-state index contributed by atoms with van der Waals surface area (Å²) in [7, 11) is 0. The fourth-order valence-electron chi connectivity index (χ4n) is 1.26. The van der Waals surface area contributed by atoms with Gasteiger partial charge in [0, 0.05) is 17.1 Å². The van der Waals surface area contributed by atoms with Gasteiger partial charge in [0.1, 0.15) is 0 Å². The lowest BCUT2D eigenvalue weighted by molar-refractivity contribution is 0.169. The predicted molar refractivity (Wildman–Crippen MR) is 64.1 cm³/mol. The number of aliphatic hydroxyl groups excluding tert-OH is 1. The van der Waals surface area contributed by atoms with Crippen LogP contribution >= 0.6 is 11.6 Å². The Balaban J connectivity index is 2.56. The first-order chi connectivity index (χ1) is 7.09. The second-order valence-electron chi connectivity index (χ2n) is 4.06. The molecular weight excluding hydrogens is 210 g/mol. The van der Waals surface area contributed by atoms with Crippen molar-refractivity contribution < 1.29 is 5.11 Å². The van der Waals surface area contributed by atoms with Gasteiger partial charge in [0.25, 0.3) is 0 Å². The average molecular weight is 228 g/mol. The SMILES string of the molecule is CCC(C)(CO)NCc1cccc(Cl)c1. The van der Waals surface area contributed by atoms with Crippen LogP contribution in [0.5, 0.6) is 0 Å². The number of halogens is 1. The van der Waals surface area contributed by atoms with Gasteiger partial charge in [0.05, 0.1) is 6.61 Å². The molecule has 1 rings (SSSR count). The molecule has 2 nitrogen and oxygen atoms in total. The van der Waals surface area contributed by atoms with Gasteiger partial charge in [-0.05, 0) is 31.0 Å². The Morgan fingerprint density at radius 3 is 2.73 bits per heavy atom. The lowest BCUT2D eigenvalue weighted by Gasteiger charge is -2.27. The van der Waals surface area contributed by atoms with E-state index >= 15 is 0 Å². The molecule has 0 amide bonds. The highest BCUT2D eigenvalue weighted by molar-refractivity contribution is 6.30. The molecule has 0 saturated carbocycles. The van der Waals surface area contributed by atoms with Crippen molar-refractivity contribution in [1.82, 2.24) is 5.32 Å². The average Bonchev–Trinajstić information content (AvgIpc) is 2.26. The van der Waals surface area contributed by atoms with Gasteiger partial charge in [-0.1, -0.05) is 30.7 Å². The van der Waals surface area contributed by atoms with E-state index in [-0.39, 0.29) is 12.1 Å². The van der Waals surface area contributed by atoms with E-state index in [1.165, 1.54) is 0 Å². The van der Waals surface area contributed by atoms with E-state index in [2.05, 4.69) is 12.2 Å². The van der Waals surface area contributed by atoms with E-state index < -0.39 is 0 Å². The third-order valence-corrected chi connectivity index (χ3v) is 2.97. The van der Waals surface area contributed by atoms with Crippen molar-refractivity contribution >= 4 is 11.6 Å². The molecule has 0 heterocycles. The summed E-state index contributed by atoms with van der Waals surface area (Å²) in [6, 6.07) is 7.74. The standard InChI is InChI=1S/C12H18ClNO/c1-3-12(2,9-15)14-8-10-5-4-6-11(13)7-10/h4-7,14-15H,3,8-9H2,1-2H3. The van der Waals surface area contributed by atoms with Crippen LogP contribution in [0.1, 0.15) is 25.8 Å². The molecule has 2 N–H and O–H groups in total. The van der Waals surface area contributed by atoms with Crippen LogP contribution in [-0.2, 0) is 6.54 Å². The summed E-state index contributed by atoms with van der Waals surface area (Å²) in [6.07, 6.45) is 0.893. The fourth-order valence-corrected chi connectivity index (χ4v) is 1.47. The Morgan fingerprint density at radius 1 is 1.47 bits per heavy atom. The maximum atomic E-state index is 9.23. The molecule has 15 heavy (non-hydrogen) atoms. The molecule has 3 heteroatoms. The van der Waals surface area contributed by atoms with E-state index in [4.69, 9.17) is 11.6 Å². The smallest absolute Gasteiger partial charge is 0.0610 e. The quantitative estimate of drug-likeness (QED) is 0.811. The Labute approximate surface area is 96.3 Å². The normalized spacial score (nSPS) is 14.9. The van der Waals surface area contributed by atoms with Crippen LogP contribution in [0.25, 0.3) is 0 Å². The fraction of sp³-hybridized carbons (Fsp3) is 0.500. The lowest BCUT2D eigenvalue weighted by atomic mass is 10.00. The number of hydrogen-bond acceptors (Lipinski definition) is 2. The first kappa shape index (κ1) is 12.5. The molecule has 0 spiro atoms. The van der Waals surface area contributed by atoms with E-state index in [0.29, 0.717) is 0 Å². The second kappa shape index (κ2) is 5.50. The number of nitrogens with one attached hydrogen (secondary N) is 1. The molecule has 0 bridgehead atoms. The first-order valence-electron chi connectivity index (χ1n) is 5.20. The first-order valence-corrected chi connectivity index (χ1v) is 5.58. The number of rotatable bonds is 5. The zero-order valence-corrected chi connectivity index (χ0v) is 10.0. The van der Waals surface area contributed by atoms with E-state index in [0.717, 1.165) is 23.6 Å². The highest BCUT2D eigenvalue weighted by Crippen LogP contribution is 2.13. The molecule has 0 aliphatic heterocycles. The third-order valence-electron chi connectivity index (χ3n) is 2.74. The molecule has 0 radical (unpaired) electrons.